The smallest absolute Gasteiger partial charge is 0.151 e. The highest BCUT2D eigenvalue weighted by Crippen LogP contribution is 2.33. The van der Waals surface area contributed by atoms with Gasteiger partial charge in [0.05, 0.1) is 5.75 Å². The molecule has 0 aliphatic rings. The Labute approximate surface area is 91.9 Å². The van der Waals surface area contributed by atoms with Gasteiger partial charge in [-0.15, -0.1) is 11.3 Å². The quantitative estimate of drug-likeness (QED) is 0.878. The van der Waals surface area contributed by atoms with Crippen LogP contribution in [-0.2, 0) is 15.6 Å². The molecule has 2 rings (SSSR count). The zero-order valence-corrected chi connectivity index (χ0v) is 9.73. The summed E-state index contributed by atoms with van der Waals surface area (Å²) >= 11 is 1.44. The molecule has 0 atom stereocenters. The Morgan fingerprint density at radius 2 is 2.13 bits per heavy atom. The number of rotatable bonds is 2. The Morgan fingerprint density at radius 3 is 2.80 bits per heavy atom. The number of fused-ring (bicyclic) bond motifs is 1. The van der Waals surface area contributed by atoms with Crippen LogP contribution in [-0.4, -0.2) is 19.8 Å². The molecular weight excluding hydrogens is 232 g/mol. The summed E-state index contributed by atoms with van der Waals surface area (Å²) < 4.78 is 23.3. The van der Waals surface area contributed by atoms with Crippen molar-refractivity contribution in [3.05, 3.63) is 29.1 Å². The molecule has 0 bridgehead atoms. The van der Waals surface area contributed by atoms with Crippen LogP contribution in [0.1, 0.15) is 5.56 Å². The fourth-order valence-corrected chi connectivity index (χ4v) is 3.40. The van der Waals surface area contributed by atoms with Crippen molar-refractivity contribution in [3.8, 4) is 5.75 Å². The van der Waals surface area contributed by atoms with E-state index >= 15 is 0 Å². The van der Waals surface area contributed by atoms with E-state index in [1.165, 1.54) is 17.6 Å². The highest BCUT2D eigenvalue weighted by molar-refractivity contribution is 7.89. The molecule has 0 aliphatic carbocycles. The standard InChI is InChI=1S/C10H10O3S2/c1-15(12,13)6-7-5-14-9-4-2-3-8(11)10(7)9/h2-5,11H,6H2,1H3. The Bertz CT molecular complexity index is 596. The molecule has 3 nitrogen and oxygen atoms in total. The Morgan fingerprint density at radius 1 is 1.40 bits per heavy atom. The van der Waals surface area contributed by atoms with Crippen LogP contribution in [0.4, 0.5) is 0 Å². The largest absolute Gasteiger partial charge is 0.507 e. The third-order valence-electron chi connectivity index (χ3n) is 2.07. The molecule has 1 heterocycles. The average Bonchev–Trinajstić information content (AvgIpc) is 2.47. The van der Waals surface area contributed by atoms with Gasteiger partial charge in [0.25, 0.3) is 0 Å². The summed E-state index contributed by atoms with van der Waals surface area (Å²) in [5.74, 6) is 0.122. The number of hydrogen-bond donors (Lipinski definition) is 1. The molecule has 80 valence electrons. The summed E-state index contributed by atoms with van der Waals surface area (Å²) in [5, 5.41) is 12.1. The predicted molar refractivity (Wildman–Crippen MR) is 62.0 cm³/mol. The minimum atomic E-state index is -3.06. The van der Waals surface area contributed by atoms with Crippen molar-refractivity contribution in [2.24, 2.45) is 0 Å². The van der Waals surface area contributed by atoms with Gasteiger partial charge in [0, 0.05) is 16.3 Å². The second kappa shape index (κ2) is 3.50. The number of hydrogen-bond acceptors (Lipinski definition) is 4. The van der Waals surface area contributed by atoms with Crippen LogP contribution in [0.2, 0.25) is 0 Å². The van der Waals surface area contributed by atoms with Gasteiger partial charge in [-0.05, 0) is 23.1 Å². The number of thiophene rings is 1. The van der Waals surface area contributed by atoms with E-state index in [1.807, 2.05) is 6.07 Å². The molecule has 0 spiro atoms. The Hall–Kier alpha value is -1.07. The van der Waals surface area contributed by atoms with Crippen molar-refractivity contribution < 1.29 is 13.5 Å². The fraction of sp³-hybridized carbons (Fsp3) is 0.200. The third-order valence-corrected chi connectivity index (χ3v) is 3.90. The van der Waals surface area contributed by atoms with Gasteiger partial charge in [-0.1, -0.05) is 6.07 Å². The van der Waals surface area contributed by atoms with Crippen LogP contribution in [0.15, 0.2) is 23.6 Å². The van der Waals surface area contributed by atoms with E-state index in [0.717, 1.165) is 4.70 Å². The first-order chi connectivity index (χ1) is 6.97. The van der Waals surface area contributed by atoms with Crippen LogP contribution >= 0.6 is 11.3 Å². The summed E-state index contributed by atoms with van der Waals surface area (Å²) in [7, 11) is -3.06. The van der Waals surface area contributed by atoms with Crippen molar-refractivity contribution in [2.75, 3.05) is 6.26 Å². The molecule has 0 radical (unpaired) electrons. The maximum Gasteiger partial charge on any atom is 0.151 e. The molecule has 1 N–H and O–H groups in total. The number of aromatic hydroxyl groups is 1. The summed E-state index contributed by atoms with van der Waals surface area (Å²) in [6, 6.07) is 5.19. The highest BCUT2D eigenvalue weighted by Gasteiger charge is 2.12. The van der Waals surface area contributed by atoms with Gasteiger partial charge < -0.3 is 5.11 Å². The molecule has 1 aromatic heterocycles. The molecule has 0 saturated carbocycles. The normalized spacial score (nSPS) is 12.1. The molecule has 15 heavy (non-hydrogen) atoms. The second-order valence-corrected chi connectivity index (χ2v) is 6.53. The van der Waals surface area contributed by atoms with Gasteiger partial charge in [-0.2, -0.15) is 0 Å². The fourth-order valence-electron chi connectivity index (χ4n) is 1.52. The first-order valence-electron chi connectivity index (χ1n) is 4.33. The van der Waals surface area contributed by atoms with Crippen molar-refractivity contribution in [3.63, 3.8) is 0 Å². The maximum atomic E-state index is 11.2. The van der Waals surface area contributed by atoms with E-state index in [0.29, 0.717) is 10.9 Å². The average molecular weight is 242 g/mol. The Balaban J connectivity index is 2.63. The van der Waals surface area contributed by atoms with Crippen LogP contribution in [0.25, 0.3) is 10.1 Å². The molecule has 0 unspecified atom stereocenters. The van der Waals surface area contributed by atoms with Crippen molar-refractivity contribution in [1.29, 1.82) is 0 Å². The first kappa shape index (κ1) is 10.4. The lowest BCUT2D eigenvalue weighted by atomic mass is 10.2. The van der Waals surface area contributed by atoms with E-state index in [-0.39, 0.29) is 11.5 Å². The summed E-state index contributed by atoms with van der Waals surface area (Å²) in [5.41, 5.74) is 0.676. The number of benzene rings is 1. The van der Waals surface area contributed by atoms with Crippen molar-refractivity contribution >= 4 is 31.3 Å². The highest BCUT2D eigenvalue weighted by atomic mass is 32.2. The lowest BCUT2D eigenvalue weighted by Gasteiger charge is -1.99. The minimum absolute atomic E-state index is 0.0232. The third kappa shape index (κ3) is 2.13. The summed E-state index contributed by atoms with van der Waals surface area (Å²) in [6.07, 6.45) is 1.19. The minimum Gasteiger partial charge on any atom is -0.507 e. The number of phenolic OH excluding ortho intramolecular Hbond substituents is 1. The van der Waals surface area contributed by atoms with Crippen LogP contribution in [0.3, 0.4) is 0 Å². The van der Waals surface area contributed by atoms with Crippen LogP contribution < -0.4 is 0 Å². The van der Waals surface area contributed by atoms with Gasteiger partial charge in [-0.25, -0.2) is 8.42 Å². The van der Waals surface area contributed by atoms with E-state index < -0.39 is 9.84 Å². The molecule has 2 aromatic rings. The lowest BCUT2D eigenvalue weighted by Crippen LogP contribution is -1.99. The maximum absolute atomic E-state index is 11.2. The topological polar surface area (TPSA) is 54.4 Å². The molecule has 0 saturated heterocycles. The second-order valence-electron chi connectivity index (χ2n) is 3.48. The van der Waals surface area contributed by atoms with E-state index in [1.54, 1.807) is 17.5 Å². The number of phenols is 1. The monoisotopic (exact) mass is 242 g/mol. The summed E-state index contributed by atoms with van der Waals surface area (Å²) in [4.78, 5) is 0. The van der Waals surface area contributed by atoms with Gasteiger partial charge in [-0.3, -0.25) is 0 Å². The molecule has 5 heteroatoms. The molecule has 0 fully saturated rings. The van der Waals surface area contributed by atoms with Gasteiger partial charge in [0.2, 0.25) is 0 Å². The SMILES string of the molecule is CS(=O)(=O)Cc1csc2cccc(O)c12. The summed E-state index contributed by atoms with van der Waals surface area (Å²) in [6.45, 7) is 0. The molecule has 0 aliphatic heterocycles. The van der Waals surface area contributed by atoms with Gasteiger partial charge in [0.15, 0.2) is 9.84 Å². The molecule has 1 aromatic carbocycles. The zero-order valence-electron chi connectivity index (χ0n) is 8.10. The van der Waals surface area contributed by atoms with E-state index in [9.17, 15) is 13.5 Å². The van der Waals surface area contributed by atoms with E-state index in [4.69, 9.17) is 0 Å². The number of sulfone groups is 1. The molecular formula is C10H10O3S2. The van der Waals surface area contributed by atoms with Crippen LogP contribution in [0, 0.1) is 0 Å². The molecule has 0 amide bonds. The lowest BCUT2D eigenvalue weighted by molar-refractivity contribution is 0.481. The van der Waals surface area contributed by atoms with Crippen molar-refractivity contribution in [1.82, 2.24) is 0 Å². The van der Waals surface area contributed by atoms with E-state index in [2.05, 4.69) is 0 Å². The Kier molecular flexibility index (Phi) is 2.44. The first-order valence-corrected chi connectivity index (χ1v) is 7.27. The zero-order chi connectivity index (χ0) is 11.1. The van der Waals surface area contributed by atoms with Gasteiger partial charge >= 0.3 is 0 Å². The van der Waals surface area contributed by atoms with Crippen molar-refractivity contribution in [2.45, 2.75) is 5.75 Å². The van der Waals surface area contributed by atoms with Crippen LogP contribution in [0.5, 0.6) is 5.75 Å². The van der Waals surface area contributed by atoms with Gasteiger partial charge in [0.1, 0.15) is 5.75 Å². The predicted octanol–water partition coefficient (Wildman–Crippen LogP) is 2.15.